The van der Waals surface area contributed by atoms with Gasteiger partial charge in [-0.15, -0.1) is 0 Å². The van der Waals surface area contributed by atoms with E-state index in [1.807, 2.05) is 42.2 Å². The monoisotopic (exact) mass is 397 g/mol. The molecule has 2 atom stereocenters. The SMILES string of the molecule is CCC(=O)N1CC[C@]2(CO)CCCN(C(=O)c3cc(-c4ccccc4)on3)[C@H]2C1. The van der Waals surface area contributed by atoms with Crippen molar-refractivity contribution in [2.75, 3.05) is 26.2 Å². The normalized spacial score (nSPS) is 24.3. The van der Waals surface area contributed by atoms with Gasteiger partial charge in [-0.25, -0.2) is 0 Å². The Hall–Kier alpha value is -2.67. The maximum Gasteiger partial charge on any atom is 0.276 e. The first kappa shape index (κ1) is 19.6. The molecule has 7 nitrogen and oxygen atoms in total. The van der Waals surface area contributed by atoms with Crippen molar-refractivity contribution in [2.45, 2.75) is 38.6 Å². The van der Waals surface area contributed by atoms with Gasteiger partial charge in [-0.2, -0.15) is 0 Å². The van der Waals surface area contributed by atoms with E-state index >= 15 is 0 Å². The van der Waals surface area contributed by atoms with Crippen molar-refractivity contribution in [1.29, 1.82) is 0 Å². The molecule has 2 aliphatic heterocycles. The lowest BCUT2D eigenvalue weighted by Crippen LogP contribution is -2.64. The van der Waals surface area contributed by atoms with Crippen molar-refractivity contribution in [3.8, 4) is 11.3 Å². The highest BCUT2D eigenvalue weighted by molar-refractivity contribution is 5.93. The number of fused-ring (bicyclic) bond motifs is 1. The van der Waals surface area contributed by atoms with Crippen LogP contribution in [0.25, 0.3) is 11.3 Å². The lowest BCUT2D eigenvalue weighted by molar-refractivity contribution is -0.138. The number of aliphatic hydroxyl groups excluding tert-OH is 1. The molecule has 0 unspecified atom stereocenters. The summed E-state index contributed by atoms with van der Waals surface area (Å²) >= 11 is 0. The molecule has 1 aromatic carbocycles. The topological polar surface area (TPSA) is 86.9 Å². The number of carbonyl (C=O) groups excluding carboxylic acids is 2. The Bertz CT molecular complexity index is 881. The van der Waals surface area contributed by atoms with Gasteiger partial charge in [0.05, 0.1) is 12.6 Å². The molecule has 0 radical (unpaired) electrons. The second kappa shape index (κ2) is 7.99. The lowest BCUT2D eigenvalue weighted by atomic mass is 9.68. The van der Waals surface area contributed by atoms with E-state index in [4.69, 9.17) is 4.52 Å². The number of amides is 2. The van der Waals surface area contributed by atoms with E-state index in [1.54, 1.807) is 11.0 Å². The minimum Gasteiger partial charge on any atom is -0.396 e. The fourth-order valence-electron chi connectivity index (χ4n) is 4.71. The minimum absolute atomic E-state index is 0.0175. The number of aliphatic hydroxyl groups is 1. The molecule has 154 valence electrons. The zero-order valence-electron chi connectivity index (χ0n) is 16.7. The molecule has 0 bridgehead atoms. The van der Waals surface area contributed by atoms with Crippen LogP contribution in [0.15, 0.2) is 40.9 Å². The number of rotatable bonds is 4. The number of likely N-dealkylation sites (tertiary alicyclic amines) is 2. The van der Waals surface area contributed by atoms with Gasteiger partial charge in [0, 0.05) is 43.1 Å². The van der Waals surface area contributed by atoms with Crippen molar-refractivity contribution in [2.24, 2.45) is 5.41 Å². The number of carbonyl (C=O) groups is 2. The number of nitrogens with zero attached hydrogens (tertiary/aromatic N) is 3. The fraction of sp³-hybridized carbons (Fsp3) is 0.500. The molecular weight excluding hydrogens is 370 g/mol. The third-order valence-corrected chi connectivity index (χ3v) is 6.45. The van der Waals surface area contributed by atoms with Gasteiger partial charge in [-0.1, -0.05) is 42.4 Å². The van der Waals surface area contributed by atoms with E-state index < -0.39 is 0 Å². The quantitative estimate of drug-likeness (QED) is 0.857. The van der Waals surface area contributed by atoms with Crippen molar-refractivity contribution in [3.63, 3.8) is 0 Å². The van der Waals surface area contributed by atoms with Gasteiger partial charge in [0.15, 0.2) is 11.5 Å². The largest absolute Gasteiger partial charge is 0.396 e. The predicted octanol–water partition coefficient (Wildman–Crippen LogP) is 2.57. The summed E-state index contributed by atoms with van der Waals surface area (Å²) in [5, 5.41) is 14.2. The molecule has 3 heterocycles. The van der Waals surface area contributed by atoms with Crippen molar-refractivity contribution < 1.29 is 19.2 Å². The molecule has 0 spiro atoms. The van der Waals surface area contributed by atoms with Gasteiger partial charge >= 0.3 is 0 Å². The van der Waals surface area contributed by atoms with Crippen LogP contribution in [-0.4, -0.2) is 64.2 Å². The van der Waals surface area contributed by atoms with Crippen molar-refractivity contribution >= 4 is 11.8 Å². The lowest BCUT2D eigenvalue weighted by Gasteiger charge is -2.54. The summed E-state index contributed by atoms with van der Waals surface area (Å²) in [6.45, 7) is 3.55. The molecule has 0 saturated carbocycles. The van der Waals surface area contributed by atoms with Crippen LogP contribution in [-0.2, 0) is 4.79 Å². The summed E-state index contributed by atoms with van der Waals surface area (Å²) in [4.78, 5) is 29.2. The number of aromatic nitrogens is 1. The van der Waals surface area contributed by atoms with Crippen LogP contribution in [0, 0.1) is 5.41 Å². The van der Waals surface area contributed by atoms with Crippen LogP contribution in [0.1, 0.15) is 43.1 Å². The van der Waals surface area contributed by atoms with Crippen LogP contribution in [0.4, 0.5) is 0 Å². The molecule has 2 aliphatic rings. The van der Waals surface area contributed by atoms with Gasteiger partial charge in [0.25, 0.3) is 5.91 Å². The van der Waals surface area contributed by atoms with Crippen LogP contribution in [0.3, 0.4) is 0 Å². The van der Waals surface area contributed by atoms with Crippen LogP contribution < -0.4 is 0 Å². The molecule has 4 rings (SSSR count). The van der Waals surface area contributed by atoms with Crippen molar-refractivity contribution in [3.05, 3.63) is 42.1 Å². The Labute approximate surface area is 170 Å². The molecule has 0 aliphatic carbocycles. The molecule has 1 N–H and O–H groups in total. The first-order valence-corrected chi connectivity index (χ1v) is 10.3. The van der Waals surface area contributed by atoms with E-state index in [0.717, 1.165) is 18.4 Å². The molecular formula is C22H27N3O4. The first-order chi connectivity index (χ1) is 14.1. The maximum atomic E-state index is 13.3. The van der Waals surface area contributed by atoms with Gasteiger partial charge in [-0.05, 0) is 19.3 Å². The highest BCUT2D eigenvalue weighted by Gasteiger charge is 2.50. The summed E-state index contributed by atoms with van der Waals surface area (Å²) in [5.74, 6) is 0.428. The number of hydrogen-bond acceptors (Lipinski definition) is 5. The van der Waals surface area contributed by atoms with Gasteiger partial charge in [0.2, 0.25) is 5.91 Å². The van der Waals surface area contributed by atoms with E-state index in [0.29, 0.717) is 38.2 Å². The smallest absolute Gasteiger partial charge is 0.276 e. The summed E-state index contributed by atoms with van der Waals surface area (Å²) in [6, 6.07) is 11.0. The Kier molecular flexibility index (Phi) is 5.41. The Morgan fingerprint density at radius 3 is 2.76 bits per heavy atom. The van der Waals surface area contributed by atoms with Gasteiger partial charge in [-0.3, -0.25) is 9.59 Å². The average molecular weight is 397 g/mol. The van der Waals surface area contributed by atoms with E-state index in [1.165, 1.54) is 0 Å². The summed E-state index contributed by atoms with van der Waals surface area (Å²) in [7, 11) is 0. The molecule has 1 aromatic heterocycles. The Morgan fingerprint density at radius 2 is 2.03 bits per heavy atom. The van der Waals surface area contributed by atoms with Crippen molar-refractivity contribution in [1.82, 2.24) is 15.0 Å². The summed E-state index contributed by atoms with van der Waals surface area (Å²) in [6.07, 6.45) is 2.84. The maximum absolute atomic E-state index is 13.3. The number of benzene rings is 1. The molecule has 2 saturated heterocycles. The molecule has 7 heteroatoms. The standard InChI is InChI=1S/C22H27N3O4/c1-2-20(27)24-12-10-22(15-26)9-6-11-25(19(22)14-24)21(28)17-13-18(29-23-17)16-7-4-3-5-8-16/h3-5,7-8,13,19,26H,2,6,9-12,14-15H2,1H3/t19-,22-/m0/s1. The Balaban J connectivity index is 1.60. The first-order valence-electron chi connectivity index (χ1n) is 10.3. The van der Waals surface area contributed by atoms with Crippen LogP contribution in [0.2, 0.25) is 0 Å². The van der Waals surface area contributed by atoms with Gasteiger partial charge in [0.1, 0.15) is 0 Å². The average Bonchev–Trinajstić information content (AvgIpc) is 3.28. The second-order valence-electron chi connectivity index (χ2n) is 8.02. The number of piperidine rings is 2. The second-order valence-corrected chi connectivity index (χ2v) is 8.02. The zero-order chi connectivity index (χ0) is 20.4. The minimum atomic E-state index is -0.357. The third-order valence-electron chi connectivity index (χ3n) is 6.45. The van der Waals surface area contributed by atoms with Crippen LogP contribution >= 0.6 is 0 Å². The summed E-state index contributed by atoms with van der Waals surface area (Å²) in [5.41, 5.74) is 0.765. The highest BCUT2D eigenvalue weighted by Crippen LogP contribution is 2.42. The van der Waals surface area contributed by atoms with E-state index in [9.17, 15) is 14.7 Å². The molecule has 2 amide bonds. The van der Waals surface area contributed by atoms with Crippen LogP contribution in [0.5, 0.6) is 0 Å². The predicted molar refractivity (Wildman–Crippen MR) is 107 cm³/mol. The van der Waals surface area contributed by atoms with E-state index in [2.05, 4.69) is 5.16 Å². The van der Waals surface area contributed by atoms with E-state index in [-0.39, 0.29) is 35.6 Å². The summed E-state index contributed by atoms with van der Waals surface area (Å²) < 4.78 is 5.42. The molecule has 2 aromatic rings. The highest BCUT2D eigenvalue weighted by atomic mass is 16.5. The molecule has 2 fully saturated rings. The van der Waals surface area contributed by atoms with Gasteiger partial charge < -0.3 is 19.4 Å². The molecule has 29 heavy (non-hydrogen) atoms. The third kappa shape index (κ3) is 3.55. The Morgan fingerprint density at radius 1 is 1.24 bits per heavy atom. The number of hydrogen-bond donors (Lipinski definition) is 1. The zero-order valence-corrected chi connectivity index (χ0v) is 16.7. The fourth-order valence-corrected chi connectivity index (χ4v) is 4.71.